The van der Waals surface area contributed by atoms with Gasteiger partial charge in [0.1, 0.15) is 0 Å². The van der Waals surface area contributed by atoms with E-state index in [9.17, 15) is 9.36 Å². The Labute approximate surface area is 87.9 Å². The largest absolute Gasteiger partial charge is 0.472 e. The third kappa shape index (κ3) is 3.99. The lowest BCUT2D eigenvalue weighted by molar-refractivity contribution is 0.181. The molecule has 0 bridgehead atoms. The molecule has 0 radical (unpaired) electrons. The summed E-state index contributed by atoms with van der Waals surface area (Å²) < 4.78 is 30.2. The molecule has 15 heavy (non-hydrogen) atoms. The first kappa shape index (κ1) is 14.1. The lowest BCUT2D eigenvalue weighted by atomic mass is 10.9. The van der Waals surface area contributed by atoms with E-state index in [-0.39, 0.29) is 6.61 Å². The Bertz CT molecular complexity index is 281. The van der Waals surface area contributed by atoms with Crippen molar-refractivity contribution in [2.75, 3.05) is 27.9 Å². The monoisotopic (exact) mass is 239 g/mol. The molecule has 0 aromatic carbocycles. The molecule has 0 saturated heterocycles. The van der Waals surface area contributed by atoms with Crippen LogP contribution >= 0.6 is 7.60 Å². The number of nitrogens with zero attached hydrogens (tertiary/aromatic N) is 1. The van der Waals surface area contributed by atoms with Crippen molar-refractivity contribution in [3.8, 4) is 0 Å². The molecule has 0 aromatic heterocycles. The van der Waals surface area contributed by atoms with Gasteiger partial charge in [0.2, 0.25) is 0 Å². The minimum atomic E-state index is -3.65. The van der Waals surface area contributed by atoms with Gasteiger partial charge in [0.25, 0.3) is 0 Å². The number of hydrogen-bond acceptors (Lipinski definition) is 6. The fourth-order valence-electron chi connectivity index (χ4n) is 0.656. The summed E-state index contributed by atoms with van der Waals surface area (Å²) in [6, 6.07) is 0. The maximum absolute atomic E-state index is 11.8. The lowest BCUT2D eigenvalue weighted by Gasteiger charge is -2.14. The Morgan fingerprint density at radius 3 is 2.13 bits per heavy atom. The van der Waals surface area contributed by atoms with Crippen molar-refractivity contribution in [3.63, 3.8) is 0 Å². The number of ether oxygens (including phenoxy) is 2. The first-order chi connectivity index (χ1) is 7.03. The second-order valence-corrected chi connectivity index (χ2v) is 4.27. The number of hydrogen-bond donors (Lipinski definition) is 0. The van der Waals surface area contributed by atoms with Crippen LogP contribution in [0.25, 0.3) is 0 Å². The SMILES string of the molecule is CCO/C(=N\C(=O)OC)P(=O)(OC)OC. The van der Waals surface area contributed by atoms with Crippen molar-refractivity contribution < 1.29 is 27.9 Å². The van der Waals surface area contributed by atoms with Gasteiger partial charge in [-0.1, -0.05) is 0 Å². The van der Waals surface area contributed by atoms with Crippen LogP contribution in [0.5, 0.6) is 0 Å². The standard InChI is InChI=1S/C7H14NO6P/c1-5-14-7(8-6(9)11-2)15(10,12-3)13-4/h5H2,1-4H3/b8-7+. The Morgan fingerprint density at radius 1 is 1.27 bits per heavy atom. The molecule has 0 unspecified atom stereocenters. The molecule has 1 amide bonds. The van der Waals surface area contributed by atoms with E-state index in [1.165, 1.54) is 0 Å². The summed E-state index contributed by atoms with van der Waals surface area (Å²) in [5.41, 5.74) is -0.415. The highest BCUT2D eigenvalue weighted by molar-refractivity contribution is 7.71. The highest BCUT2D eigenvalue weighted by Crippen LogP contribution is 2.48. The van der Waals surface area contributed by atoms with E-state index < -0.39 is 19.3 Å². The molecule has 8 heteroatoms. The summed E-state index contributed by atoms with van der Waals surface area (Å²) >= 11 is 0. The second kappa shape index (κ2) is 6.55. The molecular formula is C7H14NO6P. The third-order valence-corrected chi connectivity index (χ3v) is 3.01. The normalized spacial score (nSPS) is 12.4. The highest BCUT2D eigenvalue weighted by Gasteiger charge is 2.33. The van der Waals surface area contributed by atoms with E-state index >= 15 is 0 Å². The van der Waals surface area contributed by atoms with E-state index in [0.717, 1.165) is 21.3 Å². The predicted molar refractivity (Wildman–Crippen MR) is 53.1 cm³/mol. The van der Waals surface area contributed by atoms with Gasteiger partial charge in [0.15, 0.2) is 0 Å². The van der Waals surface area contributed by atoms with Crippen LogP contribution in [0.2, 0.25) is 0 Å². The summed E-state index contributed by atoms with van der Waals surface area (Å²) in [7, 11) is -0.184. The summed E-state index contributed by atoms with van der Waals surface area (Å²) in [6.45, 7) is 1.81. The molecule has 7 nitrogen and oxygen atoms in total. The van der Waals surface area contributed by atoms with Crippen molar-refractivity contribution in [1.82, 2.24) is 0 Å². The molecule has 0 N–H and O–H groups in total. The van der Waals surface area contributed by atoms with Crippen LogP contribution in [0.3, 0.4) is 0 Å². The van der Waals surface area contributed by atoms with Gasteiger partial charge in [-0.2, -0.15) is 0 Å². The zero-order valence-corrected chi connectivity index (χ0v) is 9.95. The number of carbonyl (C=O) groups excluding carboxylic acids is 1. The van der Waals surface area contributed by atoms with Crippen LogP contribution in [-0.4, -0.2) is 39.7 Å². The van der Waals surface area contributed by atoms with Crippen molar-refractivity contribution in [1.29, 1.82) is 0 Å². The first-order valence-electron chi connectivity index (χ1n) is 4.05. The van der Waals surface area contributed by atoms with Gasteiger partial charge in [-0.15, -0.1) is 4.99 Å². The molecule has 0 rings (SSSR count). The fraction of sp³-hybridized carbons (Fsp3) is 0.714. The van der Waals surface area contributed by atoms with Crippen molar-refractivity contribution in [2.45, 2.75) is 6.92 Å². The van der Waals surface area contributed by atoms with Crippen LogP contribution in [0, 0.1) is 0 Å². The maximum atomic E-state index is 11.8. The molecule has 0 heterocycles. The summed E-state index contributed by atoms with van der Waals surface area (Å²) in [4.78, 5) is 14.2. The number of methoxy groups -OCH3 is 1. The van der Waals surface area contributed by atoms with E-state index in [2.05, 4.69) is 18.8 Å². The molecule has 0 aliphatic carbocycles. The molecular weight excluding hydrogens is 225 g/mol. The maximum Gasteiger partial charge on any atom is 0.436 e. The lowest BCUT2D eigenvalue weighted by Crippen LogP contribution is -2.11. The molecule has 0 spiro atoms. The fourth-order valence-corrected chi connectivity index (χ4v) is 1.61. The third-order valence-electron chi connectivity index (χ3n) is 1.35. The first-order valence-corrected chi connectivity index (χ1v) is 5.59. The predicted octanol–water partition coefficient (Wildman–Crippen LogP) is 1.63. The Hall–Kier alpha value is -0.910. The molecule has 0 atom stereocenters. The van der Waals surface area contributed by atoms with E-state index in [1.54, 1.807) is 6.92 Å². The van der Waals surface area contributed by atoms with E-state index in [4.69, 9.17) is 4.74 Å². The van der Waals surface area contributed by atoms with Crippen LogP contribution in [-0.2, 0) is 23.1 Å². The number of amides is 1. The van der Waals surface area contributed by atoms with E-state index in [1.807, 2.05) is 0 Å². The molecule has 0 aliphatic heterocycles. The Morgan fingerprint density at radius 2 is 1.80 bits per heavy atom. The van der Waals surface area contributed by atoms with Gasteiger partial charge in [0, 0.05) is 14.2 Å². The number of aliphatic imine (C=N–C) groups is 1. The van der Waals surface area contributed by atoms with Crippen molar-refractivity contribution in [2.24, 2.45) is 4.99 Å². The van der Waals surface area contributed by atoms with Crippen LogP contribution in [0.1, 0.15) is 6.92 Å². The Balaban J connectivity index is 5.02. The summed E-state index contributed by atoms with van der Waals surface area (Å²) in [5, 5.41) is 0. The minimum absolute atomic E-state index is 0.173. The average molecular weight is 239 g/mol. The van der Waals surface area contributed by atoms with Gasteiger partial charge in [-0.3, -0.25) is 0 Å². The zero-order valence-electron chi connectivity index (χ0n) is 9.05. The molecule has 88 valence electrons. The Kier molecular flexibility index (Phi) is 6.15. The van der Waals surface area contributed by atoms with Crippen LogP contribution in [0.15, 0.2) is 4.99 Å². The number of carbonyl (C=O) groups is 1. The molecule has 0 fully saturated rings. The minimum Gasteiger partial charge on any atom is -0.472 e. The highest BCUT2D eigenvalue weighted by atomic mass is 31.2. The smallest absolute Gasteiger partial charge is 0.436 e. The summed E-state index contributed by atoms with van der Waals surface area (Å²) in [5.74, 6) is 0. The van der Waals surface area contributed by atoms with E-state index in [0.29, 0.717) is 0 Å². The van der Waals surface area contributed by atoms with Crippen molar-refractivity contribution in [3.05, 3.63) is 0 Å². The average Bonchev–Trinajstić information content (AvgIpc) is 2.27. The van der Waals surface area contributed by atoms with Gasteiger partial charge in [-0.25, -0.2) is 9.36 Å². The van der Waals surface area contributed by atoms with Crippen molar-refractivity contribution >= 4 is 19.3 Å². The second-order valence-electron chi connectivity index (χ2n) is 2.16. The van der Waals surface area contributed by atoms with Gasteiger partial charge >= 0.3 is 19.3 Å². The molecule has 0 saturated carbocycles. The topological polar surface area (TPSA) is 83.4 Å². The quantitative estimate of drug-likeness (QED) is 0.421. The number of rotatable bonds is 4. The van der Waals surface area contributed by atoms with Crippen LogP contribution in [0.4, 0.5) is 4.79 Å². The molecule has 0 aliphatic rings. The van der Waals surface area contributed by atoms with Crippen LogP contribution < -0.4 is 0 Å². The molecule has 0 aromatic rings. The summed E-state index contributed by atoms with van der Waals surface area (Å²) in [6.07, 6.45) is -0.937. The van der Waals surface area contributed by atoms with Gasteiger partial charge in [-0.05, 0) is 6.92 Å². The van der Waals surface area contributed by atoms with Gasteiger partial charge in [0.05, 0.1) is 13.7 Å². The van der Waals surface area contributed by atoms with Gasteiger partial charge < -0.3 is 18.5 Å². The zero-order chi connectivity index (χ0) is 11.9.